The molecule has 0 atom stereocenters. The molecular weight excluding hydrogens is 204 g/mol. The van der Waals surface area contributed by atoms with Gasteiger partial charge >= 0.3 is 0 Å². The van der Waals surface area contributed by atoms with Crippen LogP contribution in [-0.2, 0) is 4.79 Å². The van der Waals surface area contributed by atoms with Gasteiger partial charge in [0.1, 0.15) is 12.4 Å². The number of ether oxygens (including phenoxy) is 1. The molecule has 0 aliphatic carbocycles. The molecule has 0 aromatic heterocycles. The molecule has 0 saturated heterocycles. The minimum Gasteiger partial charge on any atom is -0.546 e. The molecule has 0 fully saturated rings. The third-order valence-electron chi connectivity index (χ3n) is 1.76. The van der Waals surface area contributed by atoms with Gasteiger partial charge in [-0.3, -0.25) is 0 Å². The van der Waals surface area contributed by atoms with Crippen LogP contribution in [0, 0.1) is 13.8 Å². The first kappa shape index (κ1) is 10.9. The molecule has 0 radical (unpaired) electrons. The smallest absolute Gasteiger partial charge is 0.128 e. The Kier molecular flexibility index (Phi) is 3.36. The number of aryl methyl sites for hydroxylation is 2. The number of carbonyl (C=O) groups is 1. The molecular formula is C10H10ClO3-. The Morgan fingerprint density at radius 2 is 1.93 bits per heavy atom. The van der Waals surface area contributed by atoms with Crippen molar-refractivity contribution in [3.05, 3.63) is 28.3 Å². The summed E-state index contributed by atoms with van der Waals surface area (Å²) in [6, 6.07) is 3.44. The molecule has 4 heteroatoms. The van der Waals surface area contributed by atoms with E-state index in [0.29, 0.717) is 10.8 Å². The van der Waals surface area contributed by atoms with Crippen LogP contribution in [0.4, 0.5) is 0 Å². The molecule has 1 aromatic rings. The number of carboxylic acid groups (broad SMARTS) is 1. The van der Waals surface area contributed by atoms with Crippen LogP contribution in [0.3, 0.4) is 0 Å². The Balaban J connectivity index is 2.91. The standard InChI is InChI=1S/C10H11ClO3/c1-6-3-8(11)4-7(2)10(6)14-5-9(12)13/h3-4H,5H2,1-2H3,(H,12,13)/p-1. The van der Waals surface area contributed by atoms with Gasteiger partial charge in [-0.1, -0.05) is 11.6 Å². The summed E-state index contributed by atoms with van der Waals surface area (Å²) in [7, 11) is 0. The average molecular weight is 214 g/mol. The molecule has 1 aromatic carbocycles. The highest BCUT2D eigenvalue weighted by Gasteiger charge is 2.05. The van der Waals surface area contributed by atoms with Crippen LogP contribution in [0.1, 0.15) is 11.1 Å². The predicted molar refractivity (Wildman–Crippen MR) is 51.4 cm³/mol. The van der Waals surface area contributed by atoms with Crippen molar-refractivity contribution in [2.24, 2.45) is 0 Å². The van der Waals surface area contributed by atoms with Crippen LogP contribution in [0.2, 0.25) is 5.02 Å². The van der Waals surface area contributed by atoms with E-state index in [0.717, 1.165) is 11.1 Å². The van der Waals surface area contributed by atoms with E-state index < -0.39 is 12.6 Å². The Hall–Kier alpha value is -1.22. The first-order chi connectivity index (χ1) is 6.50. The molecule has 0 saturated carbocycles. The number of aliphatic carboxylic acids is 1. The van der Waals surface area contributed by atoms with Gasteiger partial charge in [-0.15, -0.1) is 0 Å². The van der Waals surface area contributed by atoms with Gasteiger partial charge in [-0.25, -0.2) is 0 Å². The number of benzene rings is 1. The first-order valence-corrected chi connectivity index (χ1v) is 4.48. The van der Waals surface area contributed by atoms with E-state index in [1.54, 1.807) is 12.1 Å². The highest BCUT2D eigenvalue weighted by molar-refractivity contribution is 6.30. The van der Waals surface area contributed by atoms with E-state index in [9.17, 15) is 9.90 Å². The molecule has 0 spiro atoms. The predicted octanol–water partition coefficient (Wildman–Crippen LogP) is 1.09. The van der Waals surface area contributed by atoms with Crippen LogP contribution >= 0.6 is 11.6 Å². The molecule has 0 heterocycles. The highest BCUT2D eigenvalue weighted by Crippen LogP contribution is 2.26. The summed E-state index contributed by atoms with van der Waals surface area (Å²) >= 11 is 5.80. The topological polar surface area (TPSA) is 49.4 Å². The van der Waals surface area contributed by atoms with Crippen molar-refractivity contribution in [3.8, 4) is 5.75 Å². The molecule has 14 heavy (non-hydrogen) atoms. The molecule has 0 bridgehead atoms. The summed E-state index contributed by atoms with van der Waals surface area (Å²) in [5.74, 6) is -0.683. The highest BCUT2D eigenvalue weighted by atomic mass is 35.5. The van der Waals surface area contributed by atoms with E-state index in [4.69, 9.17) is 16.3 Å². The molecule has 1 rings (SSSR count). The second kappa shape index (κ2) is 4.33. The molecule has 76 valence electrons. The van der Waals surface area contributed by atoms with E-state index in [-0.39, 0.29) is 0 Å². The van der Waals surface area contributed by atoms with Crippen LogP contribution in [-0.4, -0.2) is 12.6 Å². The fourth-order valence-corrected chi connectivity index (χ4v) is 1.58. The summed E-state index contributed by atoms with van der Waals surface area (Å²) < 4.78 is 5.06. The quantitative estimate of drug-likeness (QED) is 0.755. The number of carboxylic acids is 1. The molecule has 0 amide bonds. The fourth-order valence-electron chi connectivity index (χ4n) is 1.26. The zero-order chi connectivity index (χ0) is 10.7. The zero-order valence-electron chi connectivity index (χ0n) is 7.96. The van der Waals surface area contributed by atoms with E-state index >= 15 is 0 Å². The second-order valence-electron chi connectivity index (χ2n) is 3.03. The normalized spacial score (nSPS) is 9.93. The summed E-state index contributed by atoms with van der Waals surface area (Å²) in [4.78, 5) is 10.2. The first-order valence-electron chi connectivity index (χ1n) is 4.10. The van der Waals surface area contributed by atoms with Crippen molar-refractivity contribution in [2.45, 2.75) is 13.8 Å². The fraction of sp³-hybridized carbons (Fsp3) is 0.300. The summed E-state index contributed by atoms with van der Waals surface area (Å²) in [6.07, 6.45) is 0. The van der Waals surface area contributed by atoms with Crippen molar-refractivity contribution in [2.75, 3.05) is 6.61 Å². The maximum atomic E-state index is 10.2. The maximum absolute atomic E-state index is 10.2. The number of hydrogen-bond donors (Lipinski definition) is 0. The van der Waals surface area contributed by atoms with Gasteiger partial charge in [-0.05, 0) is 37.1 Å². The van der Waals surface area contributed by atoms with E-state index in [2.05, 4.69) is 0 Å². The van der Waals surface area contributed by atoms with Crippen molar-refractivity contribution >= 4 is 17.6 Å². The molecule has 0 unspecified atom stereocenters. The van der Waals surface area contributed by atoms with Crippen molar-refractivity contribution in [1.82, 2.24) is 0 Å². The van der Waals surface area contributed by atoms with Crippen molar-refractivity contribution < 1.29 is 14.6 Å². The Morgan fingerprint density at radius 1 is 1.43 bits per heavy atom. The van der Waals surface area contributed by atoms with Gasteiger partial charge in [0.25, 0.3) is 0 Å². The number of carbonyl (C=O) groups excluding carboxylic acids is 1. The summed E-state index contributed by atoms with van der Waals surface area (Å²) in [5, 5.41) is 10.8. The van der Waals surface area contributed by atoms with Gasteiger partial charge in [0.15, 0.2) is 0 Å². The third kappa shape index (κ3) is 2.64. The largest absolute Gasteiger partial charge is 0.546 e. The minimum atomic E-state index is -1.24. The van der Waals surface area contributed by atoms with Gasteiger partial charge in [0, 0.05) is 5.02 Å². The number of halogens is 1. The Bertz CT molecular complexity index is 337. The lowest BCUT2D eigenvalue weighted by Gasteiger charge is -2.12. The second-order valence-corrected chi connectivity index (χ2v) is 3.47. The number of hydrogen-bond acceptors (Lipinski definition) is 3. The summed E-state index contributed by atoms with van der Waals surface area (Å²) in [6.45, 7) is 3.18. The van der Waals surface area contributed by atoms with Gasteiger partial charge in [-0.2, -0.15) is 0 Å². The maximum Gasteiger partial charge on any atom is 0.128 e. The Morgan fingerprint density at radius 3 is 2.36 bits per heavy atom. The average Bonchev–Trinajstić information content (AvgIpc) is 2.01. The van der Waals surface area contributed by atoms with E-state index in [1.807, 2.05) is 13.8 Å². The lowest BCUT2D eigenvalue weighted by molar-refractivity contribution is -0.307. The lowest BCUT2D eigenvalue weighted by atomic mass is 10.1. The van der Waals surface area contributed by atoms with Crippen LogP contribution in [0.25, 0.3) is 0 Å². The minimum absolute atomic E-state index is 0.441. The monoisotopic (exact) mass is 213 g/mol. The lowest BCUT2D eigenvalue weighted by Crippen LogP contribution is -2.29. The summed E-state index contributed by atoms with van der Waals surface area (Å²) in [5.41, 5.74) is 1.63. The molecule has 3 nitrogen and oxygen atoms in total. The van der Waals surface area contributed by atoms with Crippen molar-refractivity contribution in [3.63, 3.8) is 0 Å². The van der Waals surface area contributed by atoms with Crippen LogP contribution in [0.15, 0.2) is 12.1 Å². The number of rotatable bonds is 3. The van der Waals surface area contributed by atoms with Crippen molar-refractivity contribution in [1.29, 1.82) is 0 Å². The molecule has 0 aliphatic heterocycles. The molecule has 0 N–H and O–H groups in total. The van der Waals surface area contributed by atoms with Crippen LogP contribution in [0.5, 0.6) is 5.75 Å². The van der Waals surface area contributed by atoms with Gasteiger partial charge in [0.2, 0.25) is 0 Å². The zero-order valence-corrected chi connectivity index (χ0v) is 8.72. The van der Waals surface area contributed by atoms with Gasteiger partial charge < -0.3 is 14.6 Å². The van der Waals surface area contributed by atoms with E-state index in [1.165, 1.54) is 0 Å². The third-order valence-corrected chi connectivity index (χ3v) is 1.98. The Labute approximate surface area is 87.3 Å². The van der Waals surface area contributed by atoms with Crippen LogP contribution < -0.4 is 9.84 Å². The SMILES string of the molecule is Cc1cc(Cl)cc(C)c1OCC(=O)[O-]. The molecule has 0 aliphatic rings. The van der Waals surface area contributed by atoms with Gasteiger partial charge in [0.05, 0.1) is 5.97 Å².